The standard InChI is InChI=1S/C45H57N7O6/c1-44(2,3)38(36-27-48-42(56)52(36)28-31-15-12-21-46-26-31)40(54)50-35(24-29-13-8-7-9-14-29)37(53)25-33(49-41(55)39(45(4,5)6)51-43(57)58)23-30-17-19-32(20-18-30)34-16-10-11-22-47-34/h7-22,26,33,35-39,51,53H,23-25,27-28H2,1-6H3,(H,48,56)(H,49,55)(H,50,54)(H,57,58). The number of hydrogen-bond donors (Lipinski definition) is 6. The second-order valence-corrected chi connectivity index (χ2v) is 17.3. The summed E-state index contributed by atoms with van der Waals surface area (Å²) >= 11 is 0. The van der Waals surface area contributed by atoms with Crippen molar-refractivity contribution in [2.45, 2.75) is 97.6 Å². The first kappa shape index (κ1) is 43.3. The van der Waals surface area contributed by atoms with Crippen molar-refractivity contribution < 1.29 is 29.4 Å². The molecule has 1 aliphatic rings. The summed E-state index contributed by atoms with van der Waals surface area (Å²) in [5.41, 5.74) is 2.98. The Morgan fingerprint density at radius 1 is 0.793 bits per heavy atom. The number of benzene rings is 2. The minimum absolute atomic E-state index is 0.0340. The molecule has 1 fully saturated rings. The Morgan fingerprint density at radius 3 is 2.07 bits per heavy atom. The van der Waals surface area contributed by atoms with Gasteiger partial charge in [0.25, 0.3) is 0 Å². The number of amides is 5. The summed E-state index contributed by atoms with van der Waals surface area (Å²) in [7, 11) is 0. The Hall–Kier alpha value is -5.82. The number of carbonyl (C=O) groups is 4. The maximum absolute atomic E-state index is 14.7. The highest BCUT2D eigenvalue weighted by molar-refractivity contribution is 5.86. The summed E-state index contributed by atoms with van der Waals surface area (Å²) in [5.74, 6) is -1.51. The highest BCUT2D eigenvalue weighted by Gasteiger charge is 2.46. The fourth-order valence-corrected chi connectivity index (χ4v) is 7.66. The quantitative estimate of drug-likeness (QED) is 0.0849. The van der Waals surface area contributed by atoms with E-state index in [1.165, 1.54) is 0 Å². The molecule has 6 atom stereocenters. The summed E-state index contributed by atoms with van der Waals surface area (Å²) < 4.78 is 0. The Labute approximate surface area is 341 Å². The van der Waals surface area contributed by atoms with Gasteiger partial charge in [0, 0.05) is 43.3 Å². The molecule has 0 spiro atoms. The molecule has 0 radical (unpaired) electrons. The zero-order valence-electron chi connectivity index (χ0n) is 34.2. The highest BCUT2D eigenvalue weighted by Crippen LogP contribution is 2.34. The van der Waals surface area contributed by atoms with Crippen molar-refractivity contribution in [1.29, 1.82) is 0 Å². The summed E-state index contributed by atoms with van der Waals surface area (Å²) in [4.78, 5) is 63.8. The van der Waals surface area contributed by atoms with E-state index in [4.69, 9.17) is 0 Å². The van der Waals surface area contributed by atoms with Gasteiger partial charge in [0.2, 0.25) is 11.8 Å². The normalized spacial score (nSPS) is 17.0. The van der Waals surface area contributed by atoms with Gasteiger partial charge in [-0.25, -0.2) is 9.59 Å². The van der Waals surface area contributed by atoms with Crippen LogP contribution in [-0.2, 0) is 29.0 Å². The topological polar surface area (TPSA) is 186 Å². The van der Waals surface area contributed by atoms with Gasteiger partial charge in [0.05, 0.1) is 29.8 Å². The maximum Gasteiger partial charge on any atom is 0.405 e. The van der Waals surface area contributed by atoms with Crippen molar-refractivity contribution in [3.63, 3.8) is 0 Å². The zero-order chi connectivity index (χ0) is 42.0. The average molecular weight is 792 g/mol. The zero-order valence-corrected chi connectivity index (χ0v) is 34.2. The first-order chi connectivity index (χ1) is 27.5. The summed E-state index contributed by atoms with van der Waals surface area (Å²) in [6, 6.07) is 23.4. The molecule has 0 saturated carbocycles. The van der Waals surface area contributed by atoms with Crippen LogP contribution >= 0.6 is 0 Å². The van der Waals surface area contributed by atoms with Crippen LogP contribution in [0.15, 0.2) is 104 Å². The number of carbonyl (C=O) groups excluding carboxylic acids is 3. The number of aliphatic hydroxyl groups is 1. The SMILES string of the molecule is CC(C)(C)C(NC(=O)O)C(=O)NC(Cc1ccc(-c2ccccn2)cc1)CC(O)C(Cc1ccccc1)NC(=O)C(C1CNC(=O)N1Cc1cccnc1)C(C)(C)C. The summed E-state index contributed by atoms with van der Waals surface area (Å²) in [6.07, 6.45) is 3.25. The molecule has 6 N–H and O–H groups in total. The molecule has 308 valence electrons. The Kier molecular flexibility index (Phi) is 14.2. The first-order valence-electron chi connectivity index (χ1n) is 19.8. The van der Waals surface area contributed by atoms with E-state index in [9.17, 15) is 29.4 Å². The van der Waals surface area contributed by atoms with Crippen LogP contribution in [0.2, 0.25) is 0 Å². The van der Waals surface area contributed by atoms with Gasteiger partial charge in [-0.05, 0) is 65.0 Å². The second-order valence-electron chi connectivity index (χ2n) is 17.3. The number of pyridine rings is 2. The van der Waals surface area contributed by atoms with Gasteiger partial charge in [0.1, 0.15) is 6.04 Å². The monoisotopic (exact) mass is 791 g/mol. The van der Waals surface area contributed by atoms with E-state index in [-0.39, 0.29) is 37.9 Å². The number of nitrogens with one attached hydrogen (secondary N) is 4. The Morgan fingerprint density at radius 2 is 1.47 bits per heavy atom. The molecule has 13 heteroatoms. The molecule has 6 unspecified atom stereocenters. The van der Waals surface area contributed by atoms with Gasteiger partial charge in [-0.1, -0.05) is 108 Å². The van der Waals surface area contributed by atoms with Crippen LogP contribution in [0.5, 0.6) is 0 Å². The molecule has 5 amide bonds. The number of rotatable bonds is 16. The highest BCUT2D eigenvalue weighted by atomic mass is 16.4. The number of aromatic nitrogens is 2. The predicted octanol–water partition coefficient (Wildman–Crippen LogP) is 5.59. The van der Waals surface area contributed by atoms with E-state index in [1.807, 2.05) is 99.6 Å². The molecular weight excluding hydrogens is 735 g/mol. The molecule has 2 aromatic heterocycles. The molecule has 1 aliphatic heterocycles. The lowest BCUT2D eigenvalue weighted by Gasteiger charge is -2.39. The van der Waals surface area contributed by atoms with Gasteiger partial charge in [0.15, 0.2) is 0 Å². The van der Waals surface area contributed by atoms with Gasteiger partial charge in [-0.15, -0.1) is 0 Å². The van der Waals surface area contributed by atoms with E-state index in [0.717, 1.165) is 27.9 Å². The number of carboxylic acid groups (broad SMARTS) is 1. The van der Waals surface area contributed by atoms with E-state index in [0.29, 0.717) is 6.42 Å². The van der Waals surface area contributed by atoms with E-state index >= 15 is 0 Å². The van der Waals surface area contributed by atoms with Gasteiger partial charge >= 0.3 is 12.1 Å². The summed E-state index contributed by atoms with van der Waals surface area (Å²) in [6.45, 7) is 11.8. The molecule has 5 rings (SSSR count). The predicted molar refractivity (Wildman–Crippen MR) is 222 cm³/mol. The van der Waals surface area contributed by atoms with Crippen molar-refractivity contribution in [3.05, 3.63) is 120 Å². The van der Waals surface area contributed by atoms with E-state index < -0.39 is 59.0 Å². The van der Waals surface area contributed by atoms with E-state index in [1.54, 1.807) is 50.3 Å². The van der Waals surface area contributed by atoms with Crippen LogP contribution in [0, 0.1) is 16.7 Å². The molecule has 58 heavy (non-hydrogen) atoms. The third kappa shape index (κ3) is 11.9. The van der Waals surface area contributed by atoms with Gasteiger partial charge < -0.3 is 36.4 Å². The number of hydrogen-bond acceptors (Lipinski definition) is 7. The molecule has 1 saturated heterocycles. The van der Waals surface area contributed by atoms with E-state index in [2.05, 4.69) is 31.2 Å². The van der Waals surface area contributed by atoms with Crippen LogP contribution in [0.1, 0.15) is 64.7 Å². The molecule has 2 aromatic carbocycles. The molecule has 13 nitrogen and oxygen atoms in total. The third-order valence-corrected chi connectivity index (χ3v) is 10.6. The molecule has 0 bridgehead atoms. The lowest BCUT2D eigenvalue weighted by atomic mass is 9.75. The van der Waals surface area contributed by atoms with Gasteiger partial charge in [-0.2, -0.15) is 0 Å². The Bertz CT molecular complexity index is 1970. The molecule has 0 aliphatic carbocycles. The van der Waals surface area contributed by atoms with Crippen LogP contribution in [0.3, 0.4) is 0 Å². The number of nitrogens with zero attached hydrogens (tertiary/aromatic N) is 3. The number of urea groups is 1. The lowest BCUT2D eigenvalue weighted by molar-refractivity contribution is -0.132. The molecule has 4 aromatic rings. The van der Waals surface area contributed by atoms with Gasteiger partial charge in [-0.3, -0.25) is 19.6 Å². The third-order valence-electron chi connectivity index (χ3n) is 10.6. The average Bonchev–Trinajstić information content (AvgIpc) is 3.51. The first-order valence-corrected chi connectivity index (χ1v) is 19.8. The largest absolute Gasteiger partial charge is 0.465 e. The second kappa shape index (κ2) is 19.1. The maximum atomic E-state index is 14.7. The number of aliphatic hydroxyl groups excluding tert-OH is 1. The fourth-order valence-electron chi connectivity index (χ4n) is 7.66. The van der Waals surface area contributed by atoms with Crippen molar-refractivity contribution >= 4 is 23.9 Å². The minimum Gasteiger partial charge on any atom is -0.465 e. The van der Waals surface area contributed by atoms with Crippen LogP contribution < -0.4 is 21.3 Å². The van der Waals surface area contributed by atoms with Crippen LogP contribution in [-0.4, -0.2) is 85.8 Å². The molecule has 3 heterocycles. The minimum atomic E-state index is -1.33. The Balaban J connectivity index is 1.44. The summed E-state index contributed by atoms with van der Waals surface area (Å²) in [5, 5.41) is 33.3. The smallest absolute Gasteiger partial charge is 0.405 e. The fraction of sp³-hybridized carbons (Fsp3) is 0.422. The van der Waals surface area contributed by atoms with Crippen molar-refractivity contribution in [2.24, 2.45) is 16.7 Å². The van der Waals surface area contributed by atoms with Crippen molar-refractivity contribution in [3.8, 4) is 11.3 Å². The molecular formula is C45H57N7O6. The van der Waals surface area contributed by atoms with Crippen molar-refractivity contribution in [2.75, 3.05) is 6.54 Å². The van der Waals surface area contributed by atoms with Crippen LogP contribution in [0.4, 0.5) is 9.59 Å². The lowest BCUT2D eigenvalue weighted by Crippen LogP contribution is -2.57. The van der Waals surface area contributed by atoms with Crippen molar-refractivity contribution in [1.82, 2.24) is 36.1 Å². The van der Waals surface area contributed by atoms with Crippen LogP contribution in [0.25, 0.3) is 11.3 Å².